The molecule has 6 heteroatoms. The molecule has 0 radical (unpaired) electrons. The summed E-state index contributed by atoms with van der Waals surface area (Å²) in [6, 6.07) is 4.12. The first-order valence-electron chi connectivity index (χ1n) is 9.11. The van der Waals surface area contributed by atoms with Crippen molar-refractivity contribution in [3.63, 3.8) is 0 Å². The number of benzene rings is 1. The number of hydrogen-bond donors (Lipinski definition) is 2. The van der Waals surface area contributed by atoms with Gasteiger partial charge in [-0.2, -0.15) is 0 Å². The fourth-order valence-electron chi connectivity index (χ4n) is 4.19. The molecule has 25 heavy (non-hydrogen) atoms. The maximum atomic E-state index is 11.7. The fraction of sp³-hybridized carbons (Fsp3) is 0.632. The Kier molecular flexibility index (Phi) is 4.54. The van der Waals surface area contributed by atoms with Crippen molar-refractivity contribution in [1.82, 2.24) is 4.90 Å². The Bertz CT molecular complexity index is 674. The minimum atomic E-state index is -0.616. The van der Waals surface area contributed by atoms with Crippen molar-refractivity contribution < 1.29 is 19.4 Å². The summed E-state index contributed by atoms with van der Waals surface area (Å²) in [5, 5.41) is 10.9. The SMILES string of the molecule is Cc1c(C(O)CN2C(CN)COCC2C2CC2)ccc2c1COC2=O. The summed E-state index contributed by atoms with van der Waals surface area (Å²) in [4.78, 5) is 14.0. The summed E-state index contributed by atoms with van der Waals surface area (Å²) in [6.07, 6.45) is 1.85. The number of aliphatic hydroxyl groups excluding tert-OH is 1. The lowest BCUT2D eigenvalue weighted by Gasteiger charge is -2.43. The molecule has 3 unspecified atom stereocenters. The standard InChI is InChI=1S/C19H26N2O4/c1-11-14(4-5-15-16(11)9-25-19(15)23)18(22)7-21-13(6-20)8-24-10-17(21)12-2-3-12/h4-5,12-13,17-18,22H,2-3,6-10,20H2,1H3. The van der Waals surface area contributed by atoms with E-state index in [0.717, 1.165) is 23.3 Å². The second kappa shape index (κ2) is 6.68. The van der Waals surface area contributed by atoms with E-state index in [4.69, 9.17) is 15.2 Å². The van der Waals surface area contributed by atoms with Crippen LogP contribution < -0.4 is 5.73 Å². The second-order valence-electron chi connectivity index (χ2n) is 7.43. The highest BCUT2D eigenvalue weighted by molar-refractivity contribution is 5.93. The molecule has 0 bridgehead atoms. The minimum absolute atomic E-state index is 0.147. The molecule has 2 aliphatic heterocycles. The van der Waals surface area contributed by atoms with Crippen LogP contribution in [0.1, 0.15) is 46.0 Å². The molecule has 0 amide bonds. The largest absolute Gasteiger partial charge is 0.457 e. The van der Waals surface area contributed by atoms with Crippen molar-refractivity contribution >= 4 is 5.97 Å². The summed E-state index contributed by atoms with van der Waals surface area (Å²) in [5.41, 5.74) is 9.30. The van der Waals surface area contributed by atoms with E-state index in [1.807, 2.05) is 13.0 Å². The number of rotatable bonds is 5. The lowest BCUT2D eigenvalue weighted by molar-refractivity contribution is -0.0692. The van der Waals surface area contributed by atoms with Crippen LogP contribution >= 0.6 is 0 Å². The van der Waals surface area contributed by atoms with Gasteiger partial charge >= 0.3 is 5.97 Å². The first-order valence-corrected chi connectivity index (χ1v) is 9.11. The predicted molar refractivity (Wildman–Crippen MR) is 92.1 cm³/mol. The van der Waals surface area contributed by atoms with Crippen molar-refractivity contribution in [1.29, 1.82) is 0 Å². The van der Waals surface area contributed by atoms with Crippen LogP contribution in [0.3, 0.4) is 0 Å². The maximum Gasteiger partial charge on any atom is 0.338 e. The van der Waals surface area contributed by atoms with Crippen LogP contribution in [-0.4, -0.2) is 54.4 Å². The highest BCUT2D eigenvalue weighted by Crippen LogP contribution is 2.38. The van der Waals surface area contributed by atoms with E-state index in [9.17, 15) is 9.90 Å². The van der Waals surface area contributed by atoms with Crippen LogP contribution in [0.2, 0.25) is 0 Å². The first kappa shape index (κ1) is 17.0. The van der Waals surface area contributed by atoms with E-state index >= 15 is 0 Å². The monoisotopic (exact) mass is 346 g/mol. The number of hydrogen-bond acceptors (Lipinski definition) is 6. The van der Waals surface area contributed by atoms with Gasteiger partial charge in [0.25, 0.3) is 0 Å². The third kappa shape index (κ3) is 3.08. The lowest BCUT2D eigenvalue weighted by atomic mass is 9.94. The Morgan fingerprint density at radius 1 is 1.36 bits per heavy atom. The molecule has 0 spiro atoms. The zero-order chi connectivity index (χ0) is 17.6. The Hall–Kier alpha value is -1.47. The molecule has 1 aliphatic carbocycles. The van der Waals surface area contributed by atoms with Gasteiger partial charge in [0.15, 0.2) is 0 Å². The summed E-state index contributed by atoms with van der Waals surface area (Å²) < 4.78 is 10.9. The Balaban J connectivity index is 1.56. The molecule has 136 valence electrons. The average molecular weight is 346 g/mol. The molecule has 1 saturated carbocycles. The van der Waals surface area contributed by atoms with Crippen molar-refractivity contribution in [3.8, 4) is 0 Å². The van der Waals surface area contributed by atoms with Crippen LogP contribution in [0.15, 0.2) is 12.1 Å². The van der Waals surface area contributed by atoms with Crippen molar-refractivity contribution in [2.45, 2.75) is 44.6 Å². The number of esters is 1. The highest BCUT2D eigenvalue weighted by Gasteiger charge is 2.41. The van der Waals surface area contributed by atoms with E-state index in [0.29, 0.717) is 43.8 Å². The molecule has 4 rings (SSSR count). The van der Waals surface area contributed by atoms with Gasteiger partial charge in [-0.25, -0.2) is 4.79 Å². The van der Waals surface area contributed by atoms with Gasteiger partial charge < -0.3 is 20.3 Å². The van der Waals surface area contributed by atoms with Crippen molar-refractivity contribution in [2.75, 3.05) is 26.3 Å². The van der Waals surface area contributed by atoms with Gasteiger partial charge in [-0.3, -0.25) is 4.90 Å². The molecule has 1 aromatic rings. The lowest BCUT2D eigenvalue weighted by Crippen LogP contribution is -2.57. The molecule has 0 aromatic heterocycles. The van der Waals surface area contributed by atoms with Crippen LogP contribution in [-0.2, 0) is 16.1 Å². The van der Waals surface area contributed by atoms with Crippen molar-refractivity contribution in [2.24, 2.45) is 11.7 Å². The van der Waals surface area contributed by atoms with Gasteiger partial charge in [0, 0.05) is 30.7 Å². The van der Waals surface area contributed by atoms with Crippen LogP contribution in [0, 0.1) is 12.8 Å². The zero-order valence-electron chi connectivity index (χ0n) is 14.6. The predicted octanol–water partition coefficient (Wildman–Crippen LogP) is 1.14. The molecule has 1 saturated heterocycles. The van der Waals surface area contributed by atoms with Gasteiger partial charge in [-0.05, 0) is 42.9 Å². The van der Waals surface area contributed by atoms with Gasteiger partial charge in [-0.15, -0.1) is 0 Å². The molecule has 3 atom stereocenters. The summed E-state index contributed by atoms with van der Waals surface area (Å²) in [7, 11) is 0. The van der Waals surface area contributed by atoms with Crippen LogP contribution in [0.4, 0.5) is 0 Å². The number of nitrogens with zero attached hydrogens (tertiary/aromatic N) is 1. The zero-order valence-corrected chi connectivity index (χ0v) is 14.6. The van der Waals surface area contributed by atoms with Gasteiger partial charge in [-0.1, -0.05) is 6.07 Å². The third-order valence-electron chi connectivity index (χ3n) is 5.88. The number of β-amino-alcohol motifs (C(OH)–C–C–N with tert-alkyl or cyclic N) is 1. The number of ether oxygens (including phenoxy) is 2. The van der Waals surface area contributed by atoms with E-state index < -0.39 is 6.10 Å². The van der Waals surface area contributed by atoms with E-state index in [2.05, 4.69) is 4.90 Å². The van der Waals surface area contributed by atoms with E-state index in [-0.39, 0.29) is 12.0 Å². The minimum Gasteiger partial charge on any atom is -0.457 e. The van der Waals surface area contributed by atoms with E-state index in [1.54, 1.807) is 6.07 Å². The van der Waals surface area contributed by atoms with Gasteiger partial charge in [0.05, 0.1) is 24.9 Å². The number of carbonyl (C=O) groups excluding carboxylic acids is 1. The smallest absolute Gasteiger partial charge is 0.338 e. The number of cyclic esters (lactones) is 1. The molecule has 1 aromatic carbocycles. The number of aliphatic hydroxyl groups is 1. The third-order valence-corrected chi connectivity index (χ3v) is 5.88. The maximum absolute atomic E-state index is 11.7. The normalized spacial score (nSPS) is 27.9. The topological polar surface area (TPSA) is 85.0 Å². The summed E-state index contributed by atoms with van der Waals surface area (Å²) in [6.45, 7) is 4.67. The number of nitrogens with two attached hydrogens (primary N) is 1. The number of fused-ring (bicyclic) bond motifs is 1. The molecular weight excluding hydrogens is 320 g/mol. The summed E-state index contributed by atoms with van der Waals surface area (Å²) >= 11 is 0. The molecule has 2 fully saturated rings. The van der Waals surface area contributed by atoms with Gasteiger partial charge in [0.1, 0.15) is 6.61 Å². The fourth-order valence-corrected chi connectivity index (χ4v) is 4.19. The first-order chi connectivity index (χ1) is 12.1. The van der Waals surface area contributed by atoms with Crippen LogP contribution in [0.25, 0.3) is 0 Å². The summed E-state index contributed by atoms with van der Waals surface area (Å²) in [5.74, 6) is 0.387. The molecule has 2 heterocycles. The molecule has 3 aliphatic rings. The molecule has 6 nitrogen and oxygen atoms in total. The highest BCUT2D eigenvalue weighted by atomic mass is 16.5. The van der Waals surface area contributed by atoms with Crippen molar-refractivity contribution in [3.05, 3.63) is 34.4 Å². The number of morpholine rings is 1. The van der Waals surface area contributed by atoms with E-state index in [1.165, 1.54) is 12.8 Å². The molecular formula is C19H26N2O4. The molecule has 3 N–H and O–H groups in total. The Morgan fingerprint density at radius 2 is 2.16 bits per heavy atom. The second-order valence-corrected chi connectivity index (χ2v) is 7.43. The number of carbonyl (C=O) groups is 1. The quantitative estimate of drug-likeness (QED) is 0.778. The Morgan fingerprint density at radius 3 is 2.88 bits per heavy atom. The Labute approximate surface area is 147 Å². The van der Waals surface area contributed by atoms with Gasteiger partial charge in [0.2, 0.25) is 0 Å². The average Bonchev–Trinajstić information content (AvgIpc) is 3.39. The van der Waals surface area contributed by atoms with Crippen LogP contribution in [0.5, 0.6) is 0 Å².